The van der Waals surface area contributed by atoms with Gasteiger partial charge in [-0.15, -0.1) is 0 Å². The van der Waals surface area contributed by atoms with Crippen molar-refractivity contribution in [1.82, 2.24) is 9.80 Å². The molecule has 0 aromatic heterocycles. The second-order valence-corrected chi connectivity index (χ2v) is 6.53. The molecule has 0 bridgehead atoms. The van der Waals surface area contributed by atoms with Gasteiger partial charge in [0.15, 0.2) is 0 Å². The Kier molecular flexibility index (Phi) is 4.74. The molecule has 0 saturated carbocycles. The molecule has 0 unspecified atom stereocenters. The molecule has 1 atom stereocenters. The van der Waals surface area contributed by atoms with Gasteiger partial charge in [0.2, 0.25) is 0 Å². The van der Waals surface area contributed by atoms with E-state index in [1.807, 2.05) is 17.0 Å². The van der Waals surface area contributed by atoms with Crippen LogP contribution in [0.1, 0.15) is 34.5 Å². The Morgan fingerprint density at radius 1 is 1.12 bits per heavy atom. The summed E-state index contributed by atoms with van der Waals surface area (Å²) < 4.78 is 0. The van der Waals surface area contributed by atoms with E-state index < -0.39 is 0 Å². The Bertz CT molecular complexity index is 801. The summed E-state index contributed by atoms with van der Waals surface area (Å²) in [4.78, 5) is 28.2. The minimum absolute atomic E-state index is 0.0112. The molecular weight excluding hydrogens is 314 g/mol. The zero-order valence-corrected chi connectivity index (χ0v) is 14.8. The number of hydrogen-bond donors (Lipinski definition) is 1. The predicted molar refractivity (Wildman–Crippen MR) is 98.7 cm³/mol. The van der Waals surface area contributed by atoms with E-state index in [2.05, 4.69) is 24.4 Å². The molecule has 1 heterocycles. The molecule has 0 saturated heterocycles. The number of rotatable bonds is 2. The standard InChI is InChI=1S/C20H23N3O2/c1-14-18-10-5-4-7-15(18)11-12-23(14)19(24)16-8-6-9-17(13-16)21-20(25)22(2)3/h4-10,13-14H,11-12H2,1-3H3,(H,21,25)/t14-/m1/s1. The van der Waals surface area contributed by atoms with E-state index in [0.717, 1.165) is 6.42 Å². The van der Waals surface area contributed by atoms with Gasteiger partial charge in [-0.1, -0.05) is 30.3 Å². The number of hydrogen-bond acceptors (Lipinski definition) is 2. The summed E-state index contributed by atoms with van der Waals surface area (Å²) in [6.07, 6.45) is 0.864. The molecule has 2 aromatic carbocycles. The first kappa shape index (κ1) is 17.0. The van der Waals surface area contributed by atoms with Crippen LogP contribution < -0.4 is 5.32 Å². The first-order valence-electron chi connectivity index (χ1n) is 8.44. The smallest absolute Gasteiger partial charge is 0.321 e. The van der Waals surface area contributed by atoms with E-state index in [1.54, 1.807) is 38.4 Å². The summed E-state index contributed by atoms with van der Waals surface area (Å²) >= 11 is 0. The van der Waals surface area contributed by atoms with Crippen molar-refractivity contribution in [3.63, 3.8) is 0 Å². The Hall–Kier alpha value is -2.82. The third-order valence-corrected chi connectivity index (χ3v) is 4.62. The molecule has 0 radical (unpaired) electrons. The number of anilines is 1. The van der Waals surface area contributed by atoms with Gasteiger partial charge >= 0.3 is 6.03 Å². The number of amides is 3. The van der Waals surface area contributed by atoms with E-state index in [9.17, 15) is 9.59 Å². The molecule has 1 aliphatic heterocycles. The zero-order valence-electron chi connectivity index (χ0n) is 14.8. The fourth-order valence-corrected chi connectivity index (χ4v) is 3.18. The van der Waals surface area contributed by atoms with Crippen molar-refractivity contribution in [2.45, 2.75) is 19.4 Å². The topological polar surface area (TPSA) is 52.7 Å². The van der Waals surface area contributed by atoms with Crippen molar-refractivity contribution in [3.05, 3.63) is 65.2 Å². The molecule has 25 heavy (non-hydrogen) atoms. The number of benzene rings is 2. The lowest BCUT2D eigenvalue weighted by Crippen LogP contribution is -2.38. The highest BCUT2D eigenvalue weighted by Gasteiger charge is 2.28. The van der Waals surface area contributed by atoms with Gasteiger partial charge in [-0.3, -0.25) is 4.79 Å². The number of nitrogens with zero attached hydrogens (tertiary/aromatic N) is 2. The second-order valence-electron chi connectivity index (χ2n) is 6.53. The lowest BCUT2D eigenvalue weighted by atomic mass is 9.93. The maximum absolute atomic E-state index is 13.0. The van der Waals surface area contributed by atoms with Crippen LogP contribution in [0.5, 0.6) is 0 Å². The van der Waals surface area contributed by atoms with E-state index in [4.69, 9.17) is 0 Å². The summed E-state index contributed by atoms with van der Waals surface area (Å²) in [7, 11) is 3.36. The highest BCUT2D eigenvalue weighted by atomic mass is 16.2. The summed E-state index contributed by atoms with van der Waals surface area (Å²) in [5, 5.41) is 2.78. The lowest BCUT2D eigenvalue weighted by molar-refractivity contribution is 0.0677. The van der Waals surface area contributed by atoms with Crippen LogP contribution in [0.25, 0.3) is 0 Å². The number of carbonyl (C=O) groups is 2. The molecule has 5 heteroatoms. The molecule has 3 amide bonds. The third-order valence-electron chi connectivity index (χ3n) is 4.62. The van der Waals surface area contributed by atoms with Crippen molar-refractivity contribution in [2.24, 2.45) is 0 Å². The van der Waals surface area contributed by atoms with Gasteiger partial charge in [-0.2, -0.15) is 0 Å². The van der Waals surface area contributed by atoms with Gasteiger partial charge in [0.05, 0.1) is 6.04 Å². The highest BCUT2D eigenvalue weighted by molar-refractivity contribution is 5.97. The van der Waals surface area contributed by atoms with Gasteiger partial charge in [0, 0.05) is 31.9 Å². The summed E-state index contributed by atoms with van der Waals surface area (Å²) in [5.41, 5.74) is 3.72. The van der Waals surface area contributed by atoms with Gasteiger partial charge in [0.25, 0.3) is 5.91 Å². The zero-order chi connectivity index (χ0) is 18.0. The van der Waals surface area contributed by atoms with Crippen LogP contribution in [0.15, 0.2) is 48.5 Å². The first-order chi connectivity index (χ1) is 12.0. The number of nitrogens with one attached hydrogen (secondary N) is 1. The Morgan fingerprint density at radius 2 is 1.88 bits per heavy atom. The van der Waals surface area contributed by atoms with Crippen LogP contribution in [0.2, 0.25) is 0 Å². The number of carbonyl (C=O) groups excluding carboxylic acids is 2. The predicted octanol–water partition coefficient (Wildman–Crippen LogP) is 3.54. The van der Waals surface area contributed by atoms with Crippen LogP contribution in [0, 0.1) is 0 Å². The Morgan fingerprint density at radius 3 is 2.64 bits per heavy atom. The maximum Gasteiger partial charge on any atom is 0.321 e. The molecule has 0 spiro atoms. The summed E-state index contributed by atoms with van der Waals surface area (Å²) in [5.74, 6) is -0.0112. The van der Waals surface area contributed by atoms with E-state index >= 15 is 0 Å². The van der Waals surface area contributed by atoms with Gasteiger partial charge in [-0.05, 0) is 42.7 Å². The lowest BCUT2D eigenvalue weighted by Gasteiger charge is -2.35. The Labute approximate surface area is 148 Å². The molecule has 3 rings (SSSR count). The normalized spacial score (nSPS) is 16.1. The fourth-order valence-electron chi connectivity index (χ4n) is 3.18. The molecule has 2 aromatic rings. The first-order valence-corrected chi connectivity index (χ1v) is 8.44. The fraction of sp³-hybridized carbons (Fsp3) is 0.300. The minimum atomic E-state index is -0.218. The molecule has 5 nitrogen and oxygen atoms in total. The number of urea groups is 1. The van der Waals surface area contributed by atoms with Crippen molar-refractivity contribution in [2.75, 3.05) is 26.0 Å². The quantitative estimate of drug-likeness (QED) is 0.911. The highest BCUT2D eigenvalue weighted by Crippen LogP contribution is 2.30. The van der Waals surface area contributed by atoms with Crippen LogP contribution in [-0.4, -0.2) is 42.4 Å². The van der Waals surface area contributed by atoms with E-state index in [0.29, 0.717) is 17.8 Å². The SMILES string of the molecule is C[C@@H]1c2ccccc2CCN1C(=O)c1cccc(NC(=O)N(C)C)c1. The average molecular weight is 337 g/mol. The van der Waals surface area contributed by atoms with Crippen LogP contribution in [0.3, 0.4) is 0 Å². The maximum atomic E-state index is 13.0. The van der Waals surface area contributed by atoms with Gasteiger partial charge in [-0.25, -0.2) is 4.79 Å². The second kappa shape index (κ2) is 6.97. The van der Waals surface area contributed by atoms with Crippen LogP contribution >= 0.6 is 0 Å². The minimum Gasteiger partial charge on any atom is -0.332 e. The van der Waals surface area contributed by atoms with Crippen LogP contribution in [0.4, 0.5) is 10.5 Å². The average Bonchev–Trinajstić information content (AvgIpc) is 2.62. The van der Waals surface area contributed by atoms with Crippen molar-refractivity contribution < 1.29 is 9.59 Å². The summed E-state index contributed by atoms with van der Waals surface area (Å²) in [6, 6.07) is 15.2. The van der Waals surface area contributed by atoms with Crippen molar-refractivity contribution in [1.29, 1.82) is 0 Å². The van der Waals surface area contributed by atoms with Crippen LogP contribution in [-0.2, 0) is 6.42 Å². The van der Waals surface area contributed by atoms with E-state index in [-0.39, 0.29) is 18.0 Å². The molecule has 1 N–H and O–H groups in total. The largest absolute Gasteiger partial charge is 0.332 e. The molecule has 1 aliphatic rings. The van der Waals surface area contributed by atoms with Crippen molar-refractivity contribution >= 4 is 17.6 Å². The molecular formula is C20H23N3O2. The number of fused-ring (bicyclic) bond motifs is 1. The third kappa shape index (κ3) is 3.50. The monoisotopic (exact) mass is 337 g/mol. The van der Waals surface area contributed by atoms with Gasteiger partial charge in [0.1, 0.15) is 0 Å². The Balaban J connectivity index is 1.81. The van der Waals surface area contributed by atoms with E-state index in [1.165, 1.54) is 16.0 Å². The molecule has 0 aliphatic carbocycles. The molecule has 0 fully saturated rings. The summed E-state index contributed by atoms with van der Waals surface area (Å²) in [6.45, 7) is 2.76. The van der Waals surface area contributed by atoms with Gasteiger partial charge < -0.3 is 15.1 Å². The molecule has 130 valence electrons. The van der Waals surface area contributed by atoms with Crippen molar-refractivity contribution in [3.8, 4) is 0 Å².